The molecule has 0 radical (unpaired) electrons. The summed E-state index contributed by atoms with van der Waals surface area (Å²) >= 11 is 11.8. The van der Waals surface area contributed by atoms with Crippen molar-refractivity contribution in [1.29, 1.82) is 0 Å². The predicted octanol–water partition coefficient (Wildman–Crippen LogP) is 3.34. The number of carboxylic acids is 1. The van der Waals surface area contributed by atoms with E-state index in [1.54, 1.807) is 12.1 Å². The van der Waals surface area contributed by atoms with Crippen LogP contribution in [0.3, 0.4) is 0 Å². The average molecular weight is 311 g/mol. The van der Waals surface area contributed by atoms with E-state index in [1.165, 1.54) is 24.4 Å². The van der Waals surface area contributed by atoms with Gasteiger partial charge < -0.3 is 10.4 Å². The number of anilines is 1. The van der Waals surface area contributed by atoms with Gasteiger partial charge in [-0.05, 0) is 24.3 Å². The third-order valence-electron chi connectivity index (χ3n) is 2.45. The van der Waals surface area contributed by atoms with Crippen molar-refractivity contribution >= 4 is 40.8 Å². The molecule has 0 aliphatic carbocycles. The van der Waals surface area contributed by atoms with E-state index in [-0.39, 0.29) is 27.0 Å². The summed E-state index contributed by atoms with van der Waals surface area (Å²) < 4.78 is 0. The maximum atomic E-state index is 12.1. The molecule has 0 saturated carbocycles. The number of nitrogens with one attached hydrogen (secondary N) is 1. The Morgan fingerprint density at radius 2 is 1.90 bits per heavy atom. The van der Waals surface area contributed by atoms with Gasteiger partial charge in [-0.3, -0.25) is 4.79 Å². The number of benzene rings is 1. The van der Waals surface area contributed by atoms with E-state index in [0.717, 1.165) is 0 Å². The third-order valence-corrected chi connectivity index (χ3v) is 3.27. The lowest BCUT2D eigenvalue weighted by atomic mass is 10.2. The van der Waals surface area contributed by atoms with E-state index in [0.29, 0.717) is 0 Å². The van der Waals surface area contributed by atoms with Crippen molar-refractivity contribution in [2.75, 3.05) is 5.32 Å². The lowest BCUT2D eigenvalue weighted by Gasteiger charge is -2.09. The van der Waals surface area contributed by atoms with Crippen LogP contribution in [0.2, 0.25) is 10.0 Å². The normalized spacial score (nSPS) is 10.1. The summed E-state index contributed by atoms with van der Waals surface area (Å²) in [6.45, 7) is 0. The first-order valence-corrected chi connectivity index (χ1v) is 6.20. The van der Waals surface area contributed by atoms with Gasteiger partial charge in [0, 0.05) is 6.20 Å². The van der Waals surface area contributed by atoms with Crippen molar-refractivity contribution in [3.05, 3.63) is 57.8 Å². The number of rotatable bonds is 3. The maximum Gasteiger partial charge on any atom is 0.356 e. The van der Waals surface area contributed by atoms with Gasteiger partial charge in [0.15, 0.2) is 5.69 Å². The number of aromatic carboxylic acids is 1. The van der Waals surface area contributed by atoms with Crippen LogP contribution in [0.25, 0.3) is 0 Å². The molecule has 2 N–H and O–H groups in total. The summed E-state index contributed by atoms with van der Waals surface area (Å²) in [5.74, 6) is -1.80. The Kier molecular flexibility index (Phi) is 4.22. The standard InChI is InChI=1S/C13H8Cl2N2O3/c14-8-4-1-3-7(10(8)15)12(18)17-9-5-2-6-16-11(9)13(19)20/h1-6H,(H,17,18)(H,19,20). The summed E-state index contributed by atoms with van der Waals surface area (Å²) in [5.41, 5.74) is -0.0144. The molecule has 1 amide bonds. The van der Waals surface area contributed by atoms with Gasteiger partial charge in [0.25, 0.3) is 5.91 Å². The largest absolute Gasteiger partial charge is 0.476 e. The first-order valence-electron chi connectivity index (χ1n) is 5.44. The molecule has 1 heterocycles. The zero-order valence-electron chi connectivity index (χ0n) is 9.93. The molecule has 20 heavy (non-hydrogen) atoms. The molecule has 0 aliphatic rings. The molecule has 1 aromatic heterocycles. The van der Waals surface area contributed by atoms with Crippen LogP contribution in [0.4, 0.5) is 5.69 Å². The summed E-state index contributed by atoms with van der Waals surface area (Å²) in [7, 11) is 0. The molecule has 2 aromatic rings. The second-order valence-corrected chi connectivity index (χ2v) is 4.55. The third kappa shape index (κ3) is 2.89. The zero-order chi connectivity index (χ0) is 14.7. The van der Waals surface area contributed by atoms with E-state index < -0.39 is 11.9 Å². The molecule has 7 heteroatoms. The van der Waals surface area contributed by atoms with Gasteiger partial charge in [0.05, 0.1) is 21.3 Å². The molecule has 2 rings (SSSR count). The number of aromatic nitrogens is 1. The van der Waals surface area contributed by atoms with Gasteiger partial charge in [0.2, 0.25) is 0 Å². The predicted molar refractivity (Wildman–Crippen MR) is 75.6 cm³/mol. The molecule has 0 saturated heterocycles. The summed E-state index contributed by atoms with van der Waals surface area (Å²) in [4.78, 5) is 26.8. The Morgan fingerprint density at radius 3 is 2.60 bits per heavy atom. The fraction of sp³-hybridized carbons (Fsp3) is 0. The van der Waals surface area contributed by atoms with E-state index >= 15 is 0 Å². The van der Waals surface area contributed by atoms with Crippen LogP contribution in [0.15, 0.2) is 36.5 Å². The summed E-state index contributed by atoms with van der Waals surface area (Å²) in [6, 6.07) is 7.56. The molecule has 5 nitrogen and oxygen atoms in total. The number of carbonyl (C=O) groups is 2. The molecule has 0 bridgehead atoms. The summed E-state index contributed by atoms with van der Waals surface area (Å²) in [6.07, 6.45) is 1.32. The van der Waals surface area contributed by atoms with Crippen LogP contribution in [0.5, 0.6) is 0 Å². The van der Waals surface area contributed by atoms with Gasteiger partial charge in [-0.25, -0.2) is 9.78 Å². The van der Waals surface area contributed by atoms with E-state index in [2.05, 4.69) is 10.3 Å². The Bertz CT molecular complexity index is 689. The molecular weight excluding hydrogens is 303 g/mol. The fourth-order valence-electron chi connectivity index (χ4n) is 1.55. The Morgan fingerprint density at radius 1 is 1.15 bits per heavy atom. The van der Waals surface area contributed by atoms with Crippen LogP contribution in [0.1, 0.15) is 20.8 Å². The number of carbonyl (C=O) groups excluding carboxylic acids is 1. The van der Waals surface area contributed by atoms with Crippen LogP contribution < -0.4 is 5.32 Å². The second-order valence-electron chi connectivity index (χ2n) is 3.76. The number of hydrogen-bond donors (Lipinski definition) is 2. The number of amides is 1. The van der Waals surface area contributed by atoms with Crippen LogP contribution >= 0.6 is 23.2 Å². The van der Waals surface area contributed by atoms with Gasteiger partial charge >= 0.3 is 5.97 Å². The second kappa shape index (κ2) is 5.90. The van der Waals surface area contributed by atoms with Crippen molar-refractivity contribution in [2.45, 2.75) is 0 Å². The highest BCUT2D eigenvalue weighted by molar-refractivity contribution is 6.44. The lowest BCUT2D eigenvalue weighted by Crippen LogP contribution is -2.16. The fourth-order valence-corrected chi connectivity index (χ4v) is 1.93. The number of pyridine rings is 1. The summed E-state index contributed by atoms with van der Waals surface area (Å²) in [5, 5.41) is 11.8. The first kappa shape index (κ1) is 14.3. The highest BCUT2D eigenvalue weighted by atomic mass is 35.5. The molecule has 1 aromatic carbocycles. The minimum absolute atomic E-state index is 0.0843. The van der Waals surface area contributed by atoms with Gasteiger partial charge in [-0.15, -0.1) is 0 Å². The van der Waals surface area contributed by atoms with Gasteiger partial charge in [0.1, 0.15) is 0 Å². The van der Waals surface area contributed by atoms with E-state index in [9.17, 15) is 9.59 Å². The number of hydrogen-bond acceptors (Lipinski definition) is 3. The van der Waals surface area contributed by atoms with Crippen LogP contribution in [-0.4, -0.2) is 22.0 Å². The highest BCUT2D eigenvalue weighted by Crippen LogP contribution is 2.26. The van der Waals surface area contributed by atoms with Crippen molar-refractivity contribution in [1.82, 2.24) is 4.98 Å². The van der Waals surface area contributed by atoms with Crippen LogP contribution in [-0.2, 0) is 0 Å². The zero-order valence-corrected chi connectivity index (χ0v) is 11.4. The highest BCUT2D eigenvalue weighted by Gasteiger charge is 2.17. The smallest absolute Gasteiger partial charge is 0.356 e. The Balaban J connectivity index is 2.33. The number of carboxylic acid groups (broad SMARTS) is 1. The average Bonchev–Trinajstić information content (AvgIpc) is 2.42. The molecule has 0 atom stereocenters. The molecule has 0 spiro atoms. The minimum Gasteiger partial charge on any atom is -0.476 e. The number of halogens is 2. The maximum absolute atomic E-state index is 12.1. The molecule has 0 aliphatic heterocycles. The van der Waals surface area contributed by atoms with E-state index in [1.807, 2.05) is 0 Å². The van der Waals surface area contributed by atoms with E-state index in [4.69, 9.17) is 28.3 Å². The topological polar surface area (TPSA) is 79.3 Å². The quantitative estimate of drug-likeness (QED) is 0.911. The molecular formula is C13H8Cl2N2O3. The number of nitrogens with zero attached hydrogens (tertiary/aromatic N) is 1. The Labute approximate surface area is 124 Å². The minimum atomic E-state index is -1.24. The molecule has 0 fully saturated rings. The van der Waals surface area contributed by atoms with Crippen molar-refractivity contribution in [2.24, 2.45) is 0 Å². The van der Waals surface area contributed by atoms with Crippen molar-refractivity contribution < 1.29 is 14.7 Å². The molecule has 102 valence electrons. The monoisotopic (exact) mass is 310 g/mol. The van der Waals surface area contributed by atoms with Crippen molar-refractivity contribution in [3.8, 4) is 0 Å². The van der Waals surface area contributed by atoms with Gasteiger partial charge in [-0.2, -0.15) is 0 Å². The van der Waals surface area contributed by atoms with Crippen molar-refractivity contribution in [3.63, 3.8) is 0 Å². The molecule has 0 unspecified atom stereocenters. The first-order chi connectivity index (χ1) is 9.50. The Hall–Kier alpha value is -2.11. The van der Waals surface area contributed by atoms with Gasteiger partial charge in [-0.1, -0.05) is 29.3 Å². The lowest BCUT2D eigenvalue weighted by molar-refractivity contribution is 0.0692. The SMILES string of the molecule is O=C(Nc1cccnc1C(=O)O)c1cccc(Cl)c1Cl. The van der Waals surface area contributed by atoms with Crippen LogP contribution in [0, 0.1) is 0 Å².